The minimum Gasteiger partial charge on any atom is -0.494 e. The van der Waals surface area contributed by atoms with Crippen LogP contribution in [0.4, 0.5) is 4.39 Å². The summed E-state index contributed by atoms with van der Waals surface area (Å²) in [6.45, 7) is 7.64. The number of benzene rings is 2. The lowest BCUT2D eigenvalue weighted by Gasteiger charge is -2.25. The van der Waals surface area contributed by atoms with Gasteiger partial charge in [-0.25, -0.2) is 4.39 Å². The normalized spacial score (nSPS) is 12.3. The zero-order valence-corrected chi connectivity index (χ0v) is 16.5. The van der Waals surface area contributed by atoms with Gasteiger partial charge in [0.1, 0.15) is 11.6 Å². The number of rotatable bonds is 9. The van der Waals surface area contributed by atoms with Crippen molar-refractivity contribution in [2.24, 2.45) is 5.92 Å². The molecule has 1 N–H and O–H groups in total. The van der Waals surface area contributed by atoms with Gasteiger partial charge in [0.05, 0.1) is 19.2 Å². The average Bonchev–Trinajstić information content (AvgIpc) is 2.62. The van der Waals surface area contributed by atoms with Crippen molar-refractivity contribution in [1.29, 1.82) is 0 Å². The van der Waals surface area contributed by atoms with Gasteiger partial charge in [-0.15, -0.1) is 0 Å². The number of nitrogens with one attached hydrogen (secondary N) is 1. The zero-order chi connectivity index (χ0) is 19.8. The Kier molecular flexibility index (Phi) is 7.80. The van der Waals surface area contributed by atoms with E-state index in [0.29, 0.717) is 13.2 Å². The molecule has 0 bridgehead atoms. The first-order chi connectivity index (χ1) is 12.9. The van der Waals surface area contributed by atoms with Gasteiger partial charge in [0.2, 0.25) is 5.91 Å². The first-order valence-electron chi connectivity index (χ1n) is 9.34. The summed E-state index contributed by atoms with van der Waals surface area (Å²) in [5, 5.41) is 3.07. The predicted octanol–water partition coefficient (Wildman–Crippen LogP) is 4.17. The molecule has 27 heavy (non-hydrogen) atoms. The van der Waals surface area contributed by atoms with E-state index < -0.39 is 0 Å². The number of ether oxygens (including phenoxy) is 1. The fourth-order valence-electron chi connectivity index (χ4n) is 2.99. The lowest BCUT2D eigenvalue weighted by molar-refractivity contribution is -0.123. The molecule has 146 valence electrons. The summed E-state index contributed by atoms with van der Waals surface area (Å²) >= 11 is 0. The van der Waals surface area contributed by atoms with E-state index in [1.54, 1.807) is 12.1 Å². The van der Waals surface area contributed by atoms with Gasteiger partial charge < -0.3 is 10.1 Å². The highest BCUT2D eigenvalue weighted by Gasteiger charge is 2.19. The first-order valence-corrected chi connectivity index (χ1v) is 9.34. The predicted molar refractivity (Wildman–Crippen MR) is 106 cm³/mol. The molecule has 4 nitrogen and oxygen atoms in total. The van der Waals surface area contributed by atoms with Crippen molar-refractivity contribution in [2.75, 3.05) is 20.2 Å². The van der Waals surface area contributed by atoms with Crippen molar-refractivity contribution < 1.29 is 13.9 Å². The van der Waals surface area contributed by atoms with E-state index in [0.717, 1.165) is 16.9 Å². The molecule has 5 heteroatoms. The fourth-order valence-corrected chi connectivity index (χ4v) is 2.99. The highest BCUT2D eigenvalue weighted by Crippen LogP contribution is 2.22. The summed E-state index contributed by atoms with van der Waals surface area (Å²) < 4.78 is 18.6. The second kappa shape index (κ2) is 10.1. The monoisotopic (exact) mass is 372 g/mol. The Morgan fingerprint density at radius 1 is 1.11 bits per heavy atom. The molecule has 0 saturated heterocycles. The third kappa shape index (κ3) is 6.68. The number of amides is 1. The number of hydrogen-bond acceptors (Lipinski definition) is 3. The average molecular weight is 372 g/mol. The van der Waals surface area contributed by atoms with Crippen molar-refractivity contribution in [2.45, 2.75) is 33.4 Å². The van der Waals surface area contributed by atoms with E-state index in [1.807, 2.05) is 57.0 Å². The van der Waals surface area contributed by atoms with Gasteiger partial charge in [0.15, 0.2) is 0 Å². The largest absolute Gasteiger partial charge is 0.494 e. The summed E-state index contributed by atoms with van der Waals surface area (Å²) in [6.07, 6.45) is 0. The molecule has 2 rings (SSSR count). The van der Waals surface area contributed by atoms with Gasteiger partial charge in [-0.1, -0.05) is 38.1 Å². The Balaban J connectivity index is 1.91. The van der Waals surface area contributed by atoms with Gasteiger partial charge in [0.25, 0.3) is 0 Å². The number of carbonyl (C=O) groups is 1. The Labute approximate surface area is 161 Å². The van der Waals surface area contributed by atoms with E-state index in [1.165, 1.54) is 12.1 Å². The number of halogens is 1. The van der Waals surface area contributed by atoms with Crippen molar-refractivity contribution in [1.82, 2.24) is 10.2 Å². The van der Waals surface area contributed by atoms with Gasteiger partial charge in [-0.2, -0.15) is 0 Å². The second-order valence-electron chi connectivity index (χ2n) is 7.09. The Bertz CT molecular complexity index is 714. The van der Waals surface area contributed by atoms with Crippen molar-refractivity contribution in [3.63, 3.8) is 0 Å². The Hall–Kier alpha value is -2.40. The number of nitrogens with zero attached hydrogens (tertiary/aromatic N) is 1. The molecule has 0 aliphatic heterocycles. The van der Waals surface area contributed by atoms with Crippen LogP contribution in [0.15, 0.2) is 48.5 Å². The van der Waals surface area contributed by atoms with Gasteiger partial charge >= 0.3 is 0 Å². The smallest absolute Gasteiger partial charge is 0.234 e. The van der Waals surface area contributed by atoms with Crippen molar-refractivity contribution in [3.8, 4) is 5.75 Å². The van der Waals surface area contributed by atoms with E-state index in [4.69, 9.17) is 4.74 Å². The lowest BCUT2D eigenvalue weighted by atomic mass is 9.96. The molecule has 0 heterocycles. The van der Waals surface area contributed by atoms with Crippen LogP contribution < -0.4 is 10.1 Å². The van der Waals surface area contributed by atoms with Crippen LogP contribution in [-0.4, -0.2) is 31.0 Å². The zero-order valence-electron chi connectivity index (χ0n) is 16.5. The third-order valence-electron chi connectivity index (χ3n) is 4.31. The summed E-state index contributed by atoms with van der Waals surface area (Å²) in [5.74, 6) is 0.727. The van der Waals surface area contributed by atoms with Gasteiger partial charge in [0, 0.05) is 6.54 Å². The number of likely N-dealkylation sites (N-methyl/N-ethyl adjacent to an activating group) is 1. The molecular formula is C22H29FN2O2. The summed E-state index contributed by atoms with van der Waals surface area (Å²) in [6, 6.07) is 14.1. The van der Waals surface area contributed by atoms with Gasteiger partial charge in [-0.3, -0.25) is 9.69 Å². The second-order valence-corrected chi connectivity index (χ2v) is 7.09. The van der Waals surface area contributed by atoms with Crippen LogP contribution in [0.5, 0.6) is 5.75 Å². The van der Waals surface area contributed by atoms with E-state index in [-0.39, 0.29) is 30.2 Å². The van der Waals surface area contributed by atoms with Crippen LogP contribution in [0, 0.1) is 11.7 Å². The topological polar surface area (TPSA) is 41.6 Å². The molecule has 1 atom stereocenters. The molecule has 0 saturated carbocycles. The number of hydrogen-bond donors (Lipinski definition) is 1. The SMILES string of the molecule is CCOc1ccc(CN(C)CC(=O)NC(c2ccc(F)cc2)C(C)C)cc1. The molecule has 0 fully saturated rings. The van der Waals surface area contributed by atoms with E-state index >= 15 is 0 Å². The van der Waals surface area contributed by atoms with E-state index in [2.05, 4.69) is 5.32 Å². The maximum atomic E-state index is 13.2. The van der Waals surface area contributed by atoms with Crippen LogP contribution >= 0.6 is 0 Å². The molecule has 0 aliphatic rings. The fraction of sp³-hybridized carbons (Fsp3) is 0.409. The first kappa shape index (κ1) is 20.9. The van der Waals surface area contributed by atoms with Gasteiger partial charge in [-0.05, 0) is 55.3 Å². The minimum atomic E-state index is -0.275. The highest BCUT2D eigenvalue weighted by atomic mass is 19.1. The Morgan fingerprint density at radius 2 is 1.74 bits per heavy atom. The van der Waals surface area contributed by atoms with Crippen molar-refractivity contribution in [3.05, 3.63) is 65.5 Å². The lowest BCUT2D eigenvalue weighted by Crippen LogP contribution is -2.38. The van der Waals surface area contributed by atoms with Crippen LogP contribution in [0.1, 0.15) is 37.9 Å². The highest BCUT2D eigenvalue weighted by molar-refractivity contribution is 5.78. The summed E-state index contributed by atoms with van der Waals surface area (Å²) in [4.78, 5) is 14.5. The molecule has 1 amide bonds. The van der Waals surface area contributed by atoms with Crippen molar-refractivity contribution >= 4 is 5.91 Å². The third-order valence-corrected chi connectivity index (χ3v) is 4.31. The summed E-state index contributed by atoms with van der Waals surface area (Å²) in [5.41, 5.74) is 2.03. The quantitative estimate of drug-likeness (QED) is 0.718. The van der Waals surface area contributed by atoms with Crippen LogP contribution in [-0.2, 0) is 11.3 Å². The Morgan fingerprint density at radius 3 is 2.30 bits per heavy atom. The molecular weight excluding hydrogens is 343 g/mol. The molecule has 0 spiro atoms. The van der Waals surface area contributed by atoms with Crippen LogP contribution in [0.25, 0.3) is 0 Å². The maximum Gasteiger partial charge on any atom is 0.234 e. The molecule has 2 aromatic rings. The standard InChI is InChI=1S/C22H29FN2O2/c1-5-27-20-12-6-17(7-13-20)14-25(4)15-21(26)24-22(16(2)3)18-8-10-19(23)11-9-18/h6-13,16,22H,5,14-15H2,1-4H3,(H,24,26). The van der Waals surface area contributed by atoms with Crippen LogP contribution in [0.3, 0.4) is 0 Å². The molecule has 0 aromatic heterocycles. The molecule has 2 aromatic carbocycles. The molecule has 1 unspecified atom stereocenters. The minimum absolute atomic E-state index is 0.0496. The van der Waals surface area contributed by atoms with E-state index in [9.17, 15) is 9.18 Å². The summed E-state index contributed by atoms with van der Waals surface area (Å²) in [7, 11) is 1.91. The molecule has 0 aliphatic carbocycles. The molecule has 0 radical (unpaired) electrons. The number of carbonyl (C=O) groups excluding carboxylic acids is 1. The van der Waals surface area contributed by atoms with Crippen LogP contribution in [0.2, 0.25) is 0 Å². The maximum absolute atomic E-state index is 13.2.